The molecule has 0 aromatic rings. The molecule has 0 radical (unpaired) electrons. The van der Waals surface area contributed by atoms with E-state index in [1.807, 2.05) is 0 Å². The number of carbonyl (C=O) groups is 1. The molecule has 17 heavy (non-hydrogen) atoms. The Hall–Kier alpha value is 0.0769. The van der Waals surface area contributed by atoms with Crippen LogP contribution in [-0.4, -0.2) is 64.0 Å². The highest BCUT2D eigenvalue weighted by molar-refractivity contribution is 8.13. The molecule has 0 spiro atoms. The highest BCUT2D eigenvalue weighted by atomic mass is 32.2. The second-order valence-electron chi connectivity index (χ2n) is 4.16. The first kappa shape index (κ1) is 13.5. The van der Waals surface area contributed by atoms with Gasteiger partial charge in [-0.3, -0.25) is 9.69 Å². The summed E-state index contributed by atoms with van der Waals surface area (Å²) in [5.74, 6) is 0.727. The van der Waals surface area contributed by atoms with E-state index in [1.165, 1.54) is 11.8 Å². The predicted octanol–water partition coefficient (Wildman–Crippen LogP) is 0.584. The lowest BCUT2D eigenvalue weighted by Crippen LogP contribution is -2.55. The Labute approximate surface area is 107 Å². The molecule has 0 aliphatic carbocycles. The van der Waals surface area contributed by atoms with E-state index in [9.17, 15) is 4.79 Å². The molecule has 98 valence electrons. The third-order valence-electron chi connectivity index (χ3n) is 2.90. The lowest BCUT2D eigenvalue weighted by Gasteiger charge is -2.38. The number of carbonyl (C=O) groups excluding carboxylic acids is 1. The van der Waals surface area contributed by atoms with Crippen molar-refractivity contribution in [1.29, 1.82) is 0 Å². The van der Waals surface area contributed by atoms with Crippen LogP contribution in [0.1, 0.15) is 6.92 Å². The maximum atomic E-state index is 10.9. The topological polar surface area (TPSA) is 48.0 Å². The van der Waals surface area contributed by atoms with Crippen LogP contribution >= 0.6 is 11.8 Å². The van der Waals surface area contributed by atoms with Crippen molar-refractivity contribution in [2.75, 3.05) is 45.2 Å². The molecule has 3 aliphatic heterocycles. The fraction of sp³-hybridized carbons (Fsp3) is 0.900. The van der Waals surface area contributed by atoms with E-state index in [0.717, 1.165) is 31.4 Å². The van der Waals surface area contributed by atoms with E-state index in [-0.39, 0.29) is 5.12 Å². The first-order valence-corrected chi connectivity index (χ1v) is 8.90. The van der Waals surface area contributed by atoms with Gasteiger partial charge in [0.2, 0.25) is 0 Å². The normalized spacial score (nSPS) is 33.8. The van der Waals surface area contributed by atoms with Crippen molar-refractivity contribution in [3.05, 3.63) is 0 Å². The maximum Gasteiger partial charge on any atom is 0.501 e. The van der Waals surface area contributed by atoms with Crippen LogP contribution in [0.15, 0.2) is 0 Å². The molecule has 0 atom stereocenters. The Morgan fingerprint density at radius 3 is 2.18 bits per heavy atom. The fourth-order valence-corrected chi connectivity index (χ4v) is 5.57. The number of nitrogens with zero attached hydrogens (tertiary/aromatic N) is 1. The molecule has 0 unspecified atom stereocenters. The SMILES string of the molecule is CC(=O)SCC[Si]12OCCN(CCO1)CCO2. The molecule has 0 aromatic carbocycles. The van der Waals surface area contributed by atoms with E-state index >= 15 is 0 Å². The van der Waals surface area contributed by atoms with Crippen molar-refractivity contribution < 1.29 is 18.1 Å². The third kappa shape index (κ3) is 4.04. The van der Waals surface area contributed by atoms with Gasteiger partial charge in [-0.2, -0.15) is 0 Å². The van der Waals surface area contributed by atoms with Crippen molar-refractivity contribution >= 4 is 25.7 Å². The third-order valence-corrected chi connectivity index (χ3v) is 6.87. The lowest BCUT2D eigenvalue weighted by molar-refractivity contribution is -0.109. The van der Waals surface area contributed by atoms with E-state index in [1.54, 1.807) is 6.92 Å². The van der Waals surface area contributed by atoms with Gasteiger partial charge >= 0.3 is 8.80 Å². The molecule has 2 bridgehead atoms. The zero-order chi connectivity index (χ0) is 12.1. The van der Waals surface area contributed by atoms with Gasteiger partial charge in [0.25, 0.3) is 0 Å². The van der Waals surface area contributed by atoms with E-state index in [2.05, 4.69) is 4.90 Å². The molecular formula is C10H19NO4SSi. The molecular weight excluding hydrogens is 258 g/mol. The van der Waals surface area contributed by atoms with Gasteiger partial charge in [-0.25, -0.2) is 0 Å². The molecule has 0 amide bonds. The summed E-state index contributed by atoms with van der Waals surface area (Å²) in [6, 6.07) is 0.733. The smallest absolute Gasteiger partial charge is 0.372 e. The standard InChI is InChI=1S/C10H19NO4SSi/c1-10(12)16-8-9-17-13-5-2-11(3-6-14-17)4-7-15-17/h2-9H2,1H3. The number of rotatable bonds is 3. The molecule has 3 rings (SSSR count). The zero-order valence-electron chi connectivity index (χ0n) is 10.1. The number of thioether (sulfide) groups is 1. The Morgan fingerprint density at radius 1 is 1.18 bits per heavy atom. The summed E-state index contributed by atoms with van der Waals surface area (Å²) in [6.45, 7) is 6.50. The largest absolute Gasteiger partial charge is 0.501 e. The van der Waals surface area contributed by atoms with Gasteiger partial charge in [-0.1, -0.05) is 11.8 Å². The summed E-state index contributed by atoms with van der Waals surface area (Å²) >= 11 is 1.32. The molecule has 3 fully saturated rings. The summed E-state index contributed by atoms with van der Waals surface area (Å²) in [5, 5.41) is 0.137. The monoisotopic (exact) mass is 277 g/mol. The zero-order valence-corrected chi connectivity index (χ0v) is 12.0. The van der Waals surface area contributed by atoms with Crippen LogP contribution in [0.4, 0.5) is 0 Å². The maximum absolute atomic E-state index is 10.9. The molecule has 3 saturated heterocycles. The minimum atomic E-state index is -2.49. The van der Waals surface area contributed by atoms with Gasteiger partial charge in [0, 0.05) is 38.4 Å². The van der Waals surface area contributed by atoms with E-state index in [4.69, 9.17) is 13.3 Å². The number of fused-ring (bicyclic) bond motifs is 6. The summed E-state index contributed by atoms with van der Waals surface area (Å²) in [7, 11) is -2.49. The van der Waals surface area contributed by atoms with Crippen molar-refractivity contribution in [1.82, 2.24) is 4.90 Å². The van der Waals surface area contributed by atoms with Crippen molar-refractivity contribution in [2.24, 2.45) is 0 Å². The number of hydrogen-bond donors (Lipinski definition) is 0. The molecule has 0 saturated carbocycles. The first-order valence-electron chi connectivity index (χ1n) is 5.98. The van der Waals surface area contributed by atoms with Crippen LogP contribution in [0.5, 0.6) is 0 Å². The lowest BCUT2D eigenvalue weighted by atomic mass is 10.4. The van der Waals surface area contributed by atoms with Crippen LogP contribution in [0, 0.1) is 0 Å². The van der Waals surface area contributed by atoms with Gasteiger partial charge in [-0.05, 0) is 0 Å². The summed E-state index contributed by atoms with van der Waals surface area (Å²) < 4.78 is 17.6. The minimum Gasteiger partial charge on any atom is -0.372 e. The van der Waals surface area contributed by atoms with Gasteiger partial charge in [0.15, 0.2) is 5.12 Å². The summed E-state index contributed by atoms with van der Waals surface area (Å²) in [4.78, 5) is 13.2. The Balaban J connectivity index is 1.91. The molecule has 5 nitrogen and oxygen atoms in total. The Kier molecular flexibility index (Phi) is 5.01. The van der Waals surface area contributed by atoms with Gasteiger partial charge in [0.05, 0.1) is 19.8 Å². The number of hydrogen-bond acceptors (Lipinski definition) is 6. The van der Waals surface area contributed by atoms with E-state index in [0.29, 0.717) is 19.8 Å². The quantitative estimate of drug-likeness (QED) is 0.704. The summed E-state index contributed by atoms with van der Waals surface area (Å²) in [6.07, 6.45) is 0. The van der Waals surface area contributed by atoms with Crippen LogP contribution in [-0.2, 0) is 18.1 Å². The predicted molar refractivity (Wildman–Crippen MR) is 68.0 cm³/mol. The highest BCUT2D eigenvalue weighted by Gasteiger charge is 2.43. The average molecular weight is 277 g/mol. The van der Waals surface area contributed by atoms with Crippen LogP contribution < -0.4 is 0 Å². The van der Waals surface area contributed by atoms with Gasteiger partial charge in [-0.15, -0.1) is 0 Å². The average Bonchev–Trinajstić information content (AvgIpc) is 2.18. The molecule has 7 heteroatoms. The molecule has 0 N–H and O–H groups in total. The van der Waals surface area contributed by atoms with Gasteiger partial charge in [0.1, 0.15) is 0 Å². The minimum absolute atomic E-state index is 0.137. The van der Waals surface area contributed by atoms with Crippen molar-refractivity contribution in [3.63, 3.8) is 0 Å². The van der Waals surface area contributed by atoms with Crippen LogP contribution in [0.2, 0.25) is 6.04 Å². The molecule has 3 heterocycles. The highest BCUT2D eigenvalue weighted by Crippen LogP contribution is 2.22. The van der Waals surface area contributed by atoms with Gasteiger partial charge < -0.3 is 13.3 Å². The van der Waals surface area contributed by atoms with Crippen LogP contribution in [0.3, 0.4) is 0 Å². The molecule has 3 aliphatic rings. The first-order chi connectivity index (χ1) is 8.20. The second kappa shape index (κ2) is 6.30. The second-order valence-corrected chi connectivity index (χ2v) is 8.16. The summed E-state index contributed by atoms with van der Waals surface area (Å²) in [5.41, 5.74) is 0. The van der Waals surface area contributed by atoms with Crippen molar-refractivity contribution in [2.45, 2.75) is 13.0 Å². The fourth-order valence-electron chi connectivity index (χ4n) is 1.99. The van der Waals surface area contributed by atoms with Crippen LogP contribution in [0.25, 0.3) is 0 Å². The van der Waals surface area contributed by atoms with Crippen molar-refractivity contribution in [3.8, 4) is 0 Å². The Bertz CT molecular complexity index is 253. The van der Waals surface area contributed by atoms with E-state index < -0.39 is 8.80 Å². The molecule has 0 aromatic heterocycles. The Morgan fingerprint density at radius 2 is 1.71 bits per heavy atom.